The summed E-state index contributed by atoms with van der Waals surface area (Å²) >= 11 is 0. The Morgan fingerprint density at radius 1 is 0.875 bits per heavy atom. The molecule has 4 aromatic rings. The van der Waals surface area contributed by atoms with Gasteiger partial charge in [-0.15, -0.1) is 10.2 Å². The summed E-state index contributed by atoms with van der Waals surface area (Å²) in [4.78, 5) is 14.5. The molecule has 0 saturated carbocycles. The Morgan fingerprint density at radius 3 is 2.12 bits per heavy atom. The van der Waals surface area contributed by atoms with Crippen LogP contribution in [0.1, 0.15) is 22.8 Å². The Labute approximate surface area is 185 Å². The van der Waals surface area contributed by atoms with Crippen molar-refractivity contribution in [2.45, 2.75) is 13.3 Å². The number of carbonyl (C=O) groups excluding carboxylic acids is 1. The zero-order valence-corrected chi connectivity index (χ0v) is 18.4. The number of ether oxygens (including phenoxy) is 3. The SMILES string of the molecule is CCc1ccc(-n2nc3ccc(NC(=O)c4cc(OC)c(OC)c(OC)c4)cc3n2)cc1. The molecule has 0 unspecified atom stereocenters. The van der Waals surface area contributed by atoms with E-state index in [0.717, 1.165) is 17.6 Å². The van der Waals surface area contributed by atoms with Crippen LogP contribution in [0.3, 0.4) is 0 Å². The lowest BCUT2D eigenvalue weighted by Gasteiger charge is -2.14. The maximum atomic E-state index is 12.9. The fourth-order valence-electron chi connectivity index (χ4n) is 3.39. The Balaban J connectivity index is 1.59. The first kappa shape index (κ1) is 21.2. The fraction of sp³-hybridized carbons (Fsp3) is 0.208. The summed E-state index contributed by atoms with van der Waals surface area (Å²) in [6.07, 6.45) is 0.976. The van der Waals surface area contributed by atoms with E-state index < -0.39 is 0 Å². The summed E-state index contributed by atoms with van der Waals surface area (Å²) in [6.45, 7) is 2.11. The first-order chi connectivity index (χ1) is 15.6. The minimum atomic E-state index is -0.314. The molecular formula is C24H24N4O4. The zero-order chi connectivity index (χ0) is 22.7. The smallest absolute Gasteiger partial charge is 0.255 e. The van der Waals surface area contributed by atoms with Gasteiger partial charge < -0.3 is 19.5 Å². The van der Waals surface area contributed by atoms with Crippen LogP contribution in [0.4, 0.5) is 5.69 Å². The molecule has 1 amide bonds. The molecule has 8 nitrogen and oxygen atoms in total. The normalized spacial score (nSPS) is 10.8. The minimum absolute atomic E-state index is 0.314. The lowest BCUT2D eigenvalue weighted by atomic mass is 10.1. The van der Waals surface area contributed by atoms with Gasteiger partial charge in [0, 0.05) is 11.3 Å². The Hall–Kier alpha value is -4.07. The van der Waals surface area contributed by atoms with Gasteiger partial charge in [-0.25, -0.2) is 0 Å². The van der Waals surface area contributed by atoms with Gasteiger partial charge in [-0.2, -0.15) is 4.80 Å². The second-order valence-corrected chi connectivity index (χ2v) is 7.08. The standard InChI is InChI=1S/C24H24N4O4/c1-5-15-6-9-18(10-7-15)28-26-19-11-8-17(14-20(19)27-28)25-24(29)16-12-21(30-2)23(32-4)22(13-16)31-3/h6-14H,5H2,1-4H3,(H,25,29). The van der Waals surface area contributed by atoms with Crippen molar-refractivity contribution in [3.05, 3.63) is 65.7 Å². The average molecular weight is 432 g/mol. The van der Waals surface area contributed by atoms with E-state index in [1.807, 2.05) is 18.2 Å². The Bertz CT molecular complexity index is 1240. The van der Waals surface area contributed by atoms with Gasteiger partial charge in [0.1, 0.15) is 11.0 Å². The lowest BCUT2D eigenvalue weighted by molar-refractivity contribution is 0.102. The lowest BCUT2D eigenvalue weighted by Crippen LogP contribution is -2.12. The number of aromatic nitrogens is 3. The Morgan fingerprint density at radius 2 is 1.53 bits per heavy atom. The van der Waals surface area contributed by atoms with Crippen LogP contribution in [-0.2, 0) is 6.42 Å². The maximum absolute atomic E-state index is 12.9. The molecule has 0 spiro atoms. The third-order valence-electron chi connectivity index (χ3n) is 5.14. The fourth-order valence-corrected chi connectivity index (χ4v) is 3.39. The third kappa shape index (κ3) is 4.07. The number of rotatable bonds is 7. The summed E-state index contributed by atoms with van der Waals surface area (Å²) in [7, 11) is 4.53. The summed E-state index contributed by atoms with van der Waals surface area (Å²) in [5.74, 6) is 0.927. The van der Waals surface area contributed by atoms with Gasteiger partial charge in [0.05, 0.1) is 27.0 Å². The highest BCUT2D eigenvalue weighted by Gasteiger charge is 2.17. The van der Waals surface area contributed by atoms with Crippen molar-refractivity contribution in [3.8, 4) is 22.9 Å². The number of hydrogen-bond acceptors (Lipinski definition) is 6. The van der Waals surface area contributed by atoms with Gasteiger partial charge >= 0.3 is 0 Å². The van der Waals surface area contributed by atoms with Gasteiger partial charge in [-0.05, 0) is 54.4 Å². The molecule has 0 atom stereocenters. The number of carbonyl (C=O) groups is 1. The molecule has 0 fully saturated rings. The van der Waals surface area contributed by atoms with E-state index in [2.05, 4.69) is 34.6 Å². The molecule has 1 N–H and O–H groups in total. The first-order valence-electron chi connectivity index (χ1n) is 10.1. The molecule has 0 aliphatic heterocycles. The molecule has 3 aromatic carbocycles. The molecule has 0 aliphatic rings. The van der Waals surface area contributed by atoms with Crippen molar-refractivity contribution < 1.29 is 19.0 Å². The van der Waals surface area contributed by atoms with Crippen molar-refractivity contribution in [3.63, 3.8) is 0 Å². The molecule has 164 valence electrons. The van der Waals surface area contributed by atoms with Crippen molar-refractivity contribution >= 4 is 22.6 Å². The number of anilines is 1. The molecule has 0 bridgehead atoms. The van der Waals surface area contributed by atoms with Crippen molar-refractivity contribution in [2.75, 3.05) is 26.6 Å². The second-order valence-electron chi connectivity index (χ2n) is 7.08. The van der Waals surface area contributed by atoms with E-state index in [9.17, 15) is 4.79 Å². The monoisotopic (exact) mass is 432 g/mol. The van der Waals surface area contributed by atoms with E-state index in [-0.39, 0.29) is 5.91 Å². The van der Waals surface area contributed by atoms with E-state index in [1.165, 1.54) is 26.9 Å². The van der Waals surface area contributed by atoms with Crippen molar-refractivity contribution in [2.24, 2.45) is 0 Å². The number of fused-ring (bicyclic) bond motifs is 1. The van der Waals surface area contributed by atoms with E-state index in [1.54, 1.807) is 29.1 Å². The van der Waals surface area contributed by atoms with Gasteiger partial charge in [-0.1, -0.05) is 19.1 Å². The molecule has 4 rings (SSSR count). The minimum Gasteiger partial charge on any atom is -0.493 e. The highest BCUT2D eigenvalue weighted by atomic mass is 16.5. The van der Waals surface area contributed by atoms with Crippen molar-refractivity contribution in [1.82, 2.24) is 15.0 Å². The molecule has 0 radical (unpaired) electrons. The summed E-state index contributed by atoms with van der Waals surface area (Å²) in [5, 5.41) is 12.0. The molecular weight excluding hydrogens is 408 g/mol. The Kier molecular flexibility index (Phi) is 5.93. The van der Waals surface area contributed by atoms with Gasteiger partial charge in [-0.3, -0.25) is 4.79 Å². The van der Waals surface area contributed by atoms with Crippen LogP contribution < -0.4 is 19.5 Å². The van der Waals surface area contributed by atoms with Gasteiger partial charge in [0.25, 0.3) is 5.91 Å². The molecule has 0 saturated heterocycles. The summed E-state index contributed by atoms with van der Waals surface area (Å²) in [5.41, 5.74) is 4.51. The van der Waals surface area contributed by atoms with Crippen LogP contribution in [-0.4, -0.2) is 42.2 Å². The first-order valence-corrected chi connectivity index (χ1v) is 10.1. The van der Waals surface area contributed by atoms with Crippen LogP contribution in [0.2, 0.25) is 0 Å². The number of hydrogen-bond donors (Lipinski definition) is 1. The predicted octanol–water partition coefficient (Wildman–Crippen LogP) is 4.26. The predicted molar refractivity (Wildman–Crippen MR) is 122 cm³/mol. The van der Waals surface area contributed by atoms with E-state index in [0.29, 0.717) is 34.0 Å². The maximum Gasteiger partial charge on any atom is 0.255 e. The van der Waals surface area contributed by atoms with Crippen LogP contribution in [0, 0.1) is 0 Å². The van der Waals surface area contributed by atoms with Crippen LogP contribution >= 0.6 is 0 Å². The highest BCUT2D eigenvalue weighted by Crippen LogP contribution is 2.38. The number of nitrogens with one attached hydrogen (secondary N) is 1. The number of amides is 1. The average Bonchev–Trinajstić information content (AvgIpc) is 3.26. The van der Waals surface area contributed by atoms with Crippen molar-refractivity contribution in [1.29, 1.82) is 0 Å². The molecule has 8 heteroatoms. The summed E-state index contributed by atoms with van der Waals surface area (Å²) in [6, 6.07) is 16.7. The van der Waals surface area contributed by atoms with Gasteiger partial charge in [0.2, 0.25) is 5.75 Å². The zero-order valence-electron chi connectivity index (χ0n) is 18.4. The van der Waals surface area contributed by atoms with E-state index in [4.69, 9.17) is 14.2 Å². The van der Waals surface area contributed by atoms with Crippen LogP contribution in [0.25, 0.3) is 16.7 Å². The summed E-state index contributed by atoms with van der Waals surface area (Å²) < 4.78 is 16.0. The molecule has 0 aliphatic carbocycles. The molecule has 1 aromatic heterocycles. The van der Waals surface area contributed by atoms with Crippen LogP contribution in [0.5, 0.6) is 17.2 Å². The molecule has 1 heterocycles. The highest BCUT2D eigenvalue weighted by molar-refractivity contribution is 6.05. The number of methoxy groups -OCH3 is 3. The largest absolute Gasteiger partial charge is 0.493 e. The number of benzene rings is 3. The number of aryl methyl sites for hydroxylation is 1. The number of nitrogens with zero attached hydrogens (tertiary/aromatic N) is 3. The quantitative estimate of drug-likeness (QED) is 0.470. The topological polar surface area (TPSA) is 87.5 Å². The molecule has 32 heavy (non-hydrogen) atoms. The third-order valence-corrected chi connectivity index (χ3v) is 5.14. The van der Waals surface area contributed by atoms with Crippen LogP contribution in [0.15, 0.2) is 54.6 Å². The van der Waals surface area contributed by atoms with E-state index >= 15 is 0 Å². The second kappa shape index (κ2) is 8.97. The van der Waals surface area contributed by atoms with Gasteiger partial charge in [0.15, 0.2) is 11.5 Å².